The number of ether oxygens (including phenoxy) is 1. The van der Waals surface area contributed by atoms with Crippen LogP contribution >= 0.6 is 0 Å². The molecule has 0 aromatic carbocycles. The molecule has 2 unspecified atom stereocenters. The molecule has 7 nitrogen and oxygen atoms in total. The summed E-state index contributed by atoms with van der Waals surface area (Å²) in [5.74, 6) is -1.54. The molecule has 7 heteroatoms. The van der Waals surface area contributed by atoms with E-state index in [2.05, 4.69) is 15.4 Å². The summed E-state index contributed by atoms with van der Waals surface area (Å²) in [7, 11) is 0. The quantitative estimate of drug-likeness (QED) is 0.612. The van der Waals surface area contributed by atoms with Gasteiger partial charge in [-0.2, -0.15) is 0 Å². The predicted molar refractivity (Wildman–Crippen MR) is 64.0 cm³/mol. The van der Waals surface area contributed by atoms with Crippen LogP contribution in [0.3, 0.4) is 0 Å². The van der Waals surface area contributed by atoms with E-state index in [4.69, 9.17) is 5.11 Å². The third-order valence-electron chi connectivity index (χ3n) is 2.57. The lowest BCUT2D eigenvalue weighted by molar-refractivity contribution is -0.143. The zero-order chi connectivity index (χ0) is 14.1. The molecule has 2 atom stereocenters. The largest absolute Gasteiger partial charge is 0.480 e. The minimum Gasteiger partial charge on any atom is -0.480 e. The molecule has 3 N–H and O–H groups in total. The van der Waals surface area contributed by atoms with Crippen molar-refractivity contribution in [2.75, 3.05) is 13.2 Å². The van der Waals surface area contributed by atoms with E-state index in [0.717, 1.165) is 6.42 Å². The van der Waals surface area contributed by atoms with Crippen LogP contribution < -0.4 is 10.6 Å². The van der Waals surface area contributed by atoms with Gasteiger partial charge in [-0.15, -0.1) is 0 Å². The average Bonchev–Trinajstić information content (AvgIpc) is 2.26. The number of hydrogen-bond acceptors (Lipinski definition) is 4. The molecule has 0 saturated carbocycles. The standard InChI is InChI=1S/C11H20N2O5/c1-4-7(2)8(3)12-11(17)13-9(14)5-18-6-10(15)16/h7-8H,4-6H2,1-3H3,(H,15,16)(H2,12,13,14,17). The fraction of sp³-hybridized carbons (Fsp3) is 0.727. The molecule has 0 radical (unpaired) electrons. The van der Waals surface area contributed by atoms with Crippen LogP contribution in [-0.4, -0.2) is 42.3 Å². The van der Waals surface area contributed by atoms with E-state index in [-0.39, 0.29) is 6.04 Å². The number of hydrogen-bond donors (Lipinski definition) is 3. The van der Waals surface area contributed by atoms with Gasteiger partial charge in [-0.3, -0.25) is 10.1 Å². The second kappa shape index (κ2) is 8.46. The van der Waals surface area contributed by atoms with Crippen molar-refractivity contribution < 1.29 is 24.2 Å². The van der Waals surface area contributed by atoms with Gasteiger partial charge in [0.1, 0.15) is 13.2 Å². The highest BCUT2D eigenvalue weighted by atomic mass is 16.5. The Labute approximate surface area is 106 Å². The van der Waals surface area contributed by atoms with Gasteiger partial charge in [-0.1, -0.05) is 20.3 Å². The summed E-state index contributed by atoms with van der Waals surface area (Å²) >= 11 is 0. The predicted octanol–water partition coefficient (Wildman–Crippen LogP) is 0.348. The number of imide groups is 1. The first kappa shape index (κ1) is 16.4. The van der Waals surface area contributed by atoms with Crippen molar-refractivity contribution >= 4 is 17.9 Å². The summed E-state index contributed by atoms with van der Waals surface area (Å²) in [6.07, 6.45) is 0.914. The van der Waals surface area contributed by atoms with Crippen LogP contribution in [0.15, 0.2) is 0 Å². The Morgan fingerprint density at radius 1 is 1.22 bits per heavy atom. The minimum atomic E-state index is -1.17. The van der Waals surface area contributed by atoms with Crippen molar-refractivity contribution in [3.63, 3.8) is 0 Å². The van der Waals surface area contributed by atoms with Gasteiger partial charge < -0.3 is 15.2 Å². The Hall–Kier alpha value is -1.63. The normalized spacial score (nSPS) is 13.5. The Kier molecular flexibility index (Phi) is 7.69. The maximum absolute atomic E-state index is 11.4. The maximum atomic E-state index is 11.4. The molecule has 0 aromatic heterocycles. The fourth-order valence-corrected chi connectivity index (χ4v) is 1.13. The molecule has 0 aliphatic carbocycles. The molecule has 3 amide bonds. The summed E-state index contributed by atoms with van der Waals surface area (Å²) in [5.41, 5.74) is 0. The molecule has 104 valence electrons. The van der Waals surface area contributed by atoms with Gasteiger partial charge in [0.15, 0.2) is 0 Å². The summed E-state index contributed by atoms with van der Waals surface area (Å²) in [4.78, 5) is 32.7. The van der Waals surface area contributed by atoms with E-state index in [1.54, 1.807) is 0 Å². The lowest BCUT2D eigenvalue weighted by atomic mass is 10.0. The number of urea groups is 1. The Bertz CT molecular complexity index is 306. The molecule has 0 spiro atoms. The number of rotatable bonds is 7. The van der Waals surface area contributed by atoms with E-state index in [0.29, 0.717) is 5.92 Å². The molecule has 0 bridgehead atoms. The second-order valence-corrected chi connectivity index (χ2v) is 4.08. The number of carbonyl (C=O) groups is 3. The van der Waals surface area contributed by atoms with E-state index >= 15 is 0 Å². The van der Waals surface area contributed by atoms with Crippen LogP contribution in [0.2, 0.25) is 0 Å². The van der Waals surface area contributed by atoms with Crippen molar-refractivity contribution in [2.24, 2.45) is 5.92 Å². The third-order valence-corrected chi connectivity index (χ3v) is 2.57. The Balaban J connectivity index is 3.87. The van der Waals surface area contributed by atoms with Crippen LogP contribution in [0.5, 0.6) is 0 Å². The van der Waals surface area contributed by atoms with E-state index < -0.39 is 31.1 Å². The first-order chi connectivity index (χ1) is 8.36. The van der Waals surface area contributed by atoms with E-state index in [9.17, 15) is 14.4 Å². The summed E-state index contributed by atoms with van der Waals surface area (Å²) < 4.78 is 4.54. The van der Waals surface area contributed by atoms with Crippen LogP contribution in [0.4, 0.5) is 4.79 Å². The lowest BCUT2D eigenvalue weighted by Crippen LogP contribution is -2.46. The van der Waals surface area contributed by atoms with Gasteiger partial charge >= 0.3 is 12.0 Å². The van der Waals surface area contributed by atoms with Crippen LogP contribution in [0.1, 0.15) is 27.2 Å². The number of carboxylic acids is 1. The Morgan fingerprint density at radius 3 is 2.33 bits per heavy atom. The third kappa shape index (κ3) is 7.61. The summed E-state index contributed by atoms with van der Waals surface area (Å²) in [6.45, 7) is 4.81. The Morgan fingerprint density at radius 2 is 1.83 bits per heavy atom. The van der Waals surface area contributed by atoms with Gasteiger partial charge in [0, 0.05) is 6.04 Å². The highest BCUT2D eigenvalue weighted by molar-refractivity contribution is 5.95. The highest BCUT2D eigenvalue weighted by Gasteiger charge is 2.14. The molecule has 0 heterocycles. The van der Waals surface area contributed by atoms with Crippen molar-refractivity contribution in [3.05, 3.63) is 0 Å². The zero-order valence-electron chi connectivity index (χ0n) is 10.9. The number of carboxylic acid groups (broad SMARTS) is 1. The first-order valence-corrected chi connectivity index (χ1v) is 5.76. The molecule has 0 rings (SSSR count). The smallest absolute Gasteiger partial charge is 0.329 e. The molecule has 0 aliphatic heterocycles. The summed E-state index contributed by atoms with van der Waals surface area (Å²) in [6, 6.07) is -0.658. The first-order valence-electron chi connectivity index (χ1n) is 5.76. The van der Waals surface area contributed by atoms with Gasteiger partial charge in [-0.05, 0) is 12.8 Å². The molecule has 18 heavy (non-hydrogen) atoms. The van der Waals surface area contributed by atoms with Crippen molar-refractivity contribution in [3.8, 4) is 0 Å². The van der Waals surface area contributed by atoms with Crippen molar-refractivity contribution in [1.29, 1.82) is 0 Å². The number of amides is 3. The zero-order valence-corrected chi connectivity index (χ0v) is 10.9. The van der Waals surface area contributed by atoms with Gasteiger partial charge in [0.05, 0.1) is 0 Å². The number of nitrogens with one attached hydrogen (secondary N) is 2. The van der Waals surface area contributed by atoms with E-state index in [1.165, 1.54) is 0 Å². The molecule has 0 fully saturated rings. The van der Waals surface area contributed by atoms with E-state index in [1.807, 2.05) is 20.8 Å². The van der Waals surface area contributed by atoms with Crippen LogP contribution in [0.25, 0.3) is 0 Å². The lowest BCUT2D eigenvalue weighted by Gasteiger charge is -2.19. The fourth-order valence-electron chi connectivity index (χ4n) is 1.13. The molecule has 0 saturated heterocycles. The maximum Gasteiger partial charge on any atom is 0.329 e. The average molecular weight is 260 g/mol. The topological polar surface area (TPSA) is 105 Å². The molecule has 0 aromatic rings. The van der Waals surface area contributed by atoms with Gasteiger partial charge in [0.2, 0.25) is 0 Å². The van der Waals surface area contributed by atoms with Gasteiger partial charge in [-0.25, -0.2) is 9.59 Å². The number of carbonyl (C=O) groups excluding carboxylic acids is 2. The minimum absolute atomic E-state index is 0.0530. The van der Waals surface area contributed by atoms with Gasteiger partial charge in [0.25, 0.3) is 5.91 Å². The van der Waals surface area contributed by atoms with Crippen molar-refractivity contribution in [2.45, 2.75) is 33.2 Å². The van der Waals surface area contributed by atoms with Crippen LogP contribution in [-0.2, 0) is 14.3 Å². The highest BCUT2D eigenvalue weighted by Crippen LogP contribution is 2.05. The SMILES string of the molecule is CCC(C)C(C)NC(=O)NC(=O)COCC(=O)O. The monoisotopic (exact) mass is 260 g/mol. The molecule has 0 aliphatic rings. The summed E-state index contributed by atoms with van der Waals surface area (Å²) in [5, 5.41) is 13.0. The second-order valence-electron chi connectivity index (χ2n) is 4.08. The van der Waals surface area contributed by atoms with Crippen molar-refractivity contribution in [1.82, 2.24) is 10.6 Å². The van der Waals surface area contributed by atoms with Crippen LogP contribution in [0, 0.1) is 5.92 Å². The molecular formula is C11H20N2O5. The molecular weight excluding hydrogens is 240 g/mol. The number of aliphatic carboxylic acids is 1.